The van der Waals surface area contributed by atoms with Crippen molar-refractivity contribution >= 4 is 0 Å². The second-order valence-electron chi connectivity index (χ2n) is 8.75. The Kier molecular flexibility index (Phi) is 4.13. The number of imidazole rings is 1. The summed E-state index contributed by atoms with van der Waals surface area (Å²) in [5, 5.41) is 15.1. The molecule has 6 rings (SSSR count). The molecule has 3 aromatic rings. The highest BCUT2D eigenvalue weighted by Gasteiger charge is 2.41. The molecule has 3 heterocycles. The first kappa shape index (κ1) is 18.3. The molecule has 2 aromatic heterocycles. The molecule has 1 aromatic carbocycles. The molecular weight excluding hydrogens is 388 g/mol. The van der Waals surface area contributed by atoms with Gasteiger partial charge in [0.15, 0.2) is 0 Å². The molecule has 2 saturated carbocycles. The summed E-state index contributed by atoms with van der Waals surface area (Å²) in [6.45, 7) is 0. The molecular formula is C24H24N6O. The lowest BCUT2D eigenvalue weighted by Gasteiger charge is -2.26. The van der Waals surface area contributed by atoms with Gasteiger partial charge in [0, 0.05) is 24.0 Å². The van der Waals surface area contributed by atoms with Crippen molar-refractivity contribution in [1.29, 1.82) is 5.26 Å². The highest BCUT2D eigenvalue weighted by atomic mass is 16.5. The first-order chi connectivity index (χ1) is 15.2. The quantitative estimate of drug-likeness (QED) is 0.690. The molecule has 7 nitrogen and oxygen atoms in total. The topological polar surface area (TPSA) is 94.7 Å². The highest BCUT2D eigenvalue weighted by Crippen LogP contribution is 2.51. The number of nitrogens with two attached hydrogens (primary N) is 1. The normalized spacial score (nSPS) is 21.1. The molecule has 0 saturated heterocycles. The SMILES string of the molecule is N#CC1=C(N)Oc2c(c(C3CCCC3)nn2C2CC2)C1c1ccc(-n2ccnc2)cc1. The van der Waals surface area contributed by atoms with Gasteiger partial charge in [0.1, 0.15) is 11.6 Å². The van der Waals surface area contributed by atoms with E-state index in [2.05, 4.69) is 35.3 Å². The second-order valence-corrected chi connectivity index (χ2v) is 8.75. The predicted octanol–water partition coefficient (Wildman–Crippen LogP) is 4.28. The van der Waals surface area contributed by atoms with E-state index in [1.807, 2.05) is 15.4 Å². The minimum Gasteiger partial charge on any atom is -0.422 e. The van der Waals surface area contributed by atoms with Crippen molar-refractivity contribution in [3.8, 4) is 17.6 Å². The van der Waals surface area contributed by atoms with Crippen LogP contribution in [0.25, 0.3) is 5.69 Å². The first-order valence-electron chi connectivity index (χ1n) is 11.0. The lowest BCUT2D eigenvalue weighted by atomic mass is 9.81. The molecule has 0 radical (unpaired) electrons. The maximum Gasteiger partial charge on any atom is 0.224 e. The number of ether oxygens (including phenoxy) is 1. The van der Waals surface area contributed by atoms with Crippen LogP contribution in [-0.4, -0.2) is 19.3 Å². The summed E-state index contributed by atoms with van der Waals surface area (Å²) in [6.07, 6.45) is 12.4. The van der Waals surface area contributed by atoms with Gasteiger partial charge in [-0.2, -0.15) is 10.4 Å². The van der Waals surface area contributed by atoms with E-state index < -0.39 is 0 Å². The molecule has 31 heavy (non-hydrogen) atoms. The number of allylic oxidation sites excluding steroid dienone is 1. The number of fused-ring (bicyclic) bond motifs is 1. The number of aromatic nitrogens is 4. The van der Waals surface area contributed by atoms with Crippen LogP contribution in [0, 0.1) is 11.3 Å². The van der Waals surface area contributed by atoms with E-state index in [1.54, 1.807) is 12.5 Å². The van der Waals surface area contributed by atoms with Gasteiger partial charge in [-0.1, -0.05) is 25.0 Å². The Bertz CT molecular complexity index is 1190. The number of nitriles is 1. The molecule has 0 bridgehead atoms. The van der Waals surface area contributed by atoms with Gasteiger partial charge in [0.2, 0.25) is 11.8 Å². The fourth-order valence-corrected chi connectivity index (χ4v) is 5.04. The number of hydrogen-bond donors (Lipinski definition) is 1. The number of rotatable bonds is 4. The Hall–Kier alpha value is -3.53. The molecule has 2 N–H and O–H groups in total. The molecule has 156 valence electrons. The van der Waals surface area contributed by atoms with E-state index in [4.69, 9.17) is 15.6 Å². The Morgan fingerprint density at radius 3 is 2.52 bits per heavy atom. The van der Waals surface area contributed by atoms with E-state index >= 15 is 0 Å². The van der Waals surface area contributed by atoms with Crippen molar-refractivity contribution in [2.75, 3.05) is 0 Å². The zero-order valence-corrected chi connectivity index (χ0v) is 17.2. The third kappa shape index (κ3) is 2.94. The Morgan fingerprint density at radius 1 is 1.10 bits per heavy atom. The van der Waals surface area contributed by atoms with Crippen LogP contribution < -0.4 is 10.5 Å². The van der Waals surface area contributed by atoms with Crippen molar-refractivity contribution in [2.24, 2.45) is 5.73 Å². The summed E-state index contributed by atoms with van der Waals surface area (Å²) in [5.41, 5.74) is 10.9. The maximum absolute atomic E-state index is 10.0. The van der Waals surface area contributed by atoms with Crippen LogP contribution in [0.5, 0.6) is 5.88 Å². The van der Waals surface area contributed by atoms with E-state index in [-0.39, 0.29) is 11.8 Å². The lowest BCUT2D eigenvalue weighted by molar-refractivity contribution is 0.347. The van der Waals surface area contributed by atoms with Crippen molar-refractivity contribution in [3.63, 3.8) is 0 Å². The monoisotopic (exact) mass is 412 g/mol. The fourth-order valence-electron chi connectivity index (χ4n) is 5.04. The van der Waals surface area contributed by atoms with Crippen LogP contribution in [-0.2, 0) is 0 Å². The summed E-state index contributed by atoms with van der Waals surface area (Å²) >= 11 is 0. The van der Waals surface area contributed by atoms with E-state index in [0.717, 1.165) is 54.1 Å². The van der Waals surface area contributed by atoms with Crippen LogP contribution in [0.3, 0.4) is 0 Å². The summed E-state index contributed by atoms with van der Waals surface area (Å²) in [4.78, 5) is 4.13. The minimum absolute atomic E-state index is 0.193. The number of nitrogens with zero attached hydrogens (tertiary/aromatic N) is 5. The standard InChI is InChI=1S/C24H24N6O/c25-13-19-20(15-5-7-17(8-6-15)29-12-11-27-14-29)21-22(16-3-1-2-4-16)28-30(18-9-10-18)24(21)31-23(19)26/h5-8,11-12,14,16,18,20H,1-4,9-10,26H2. The molecule has 1 unspecified atom stereocenters. The van der Waals surface area contributed by atoms with Crippen molar-refractivity contribution in [3.05, 3.63) is 71.3 Å². The van der Waals surface area contributed by atoms with Gasteiger partial charge < -0.3 is 15.0 Å². The summed E-state index contributed by atoms with van der Waals surface area (Å²) in [5.74, 6) is 1.10. The molecule has 1 aliphatic heterocycles. The zero-order valence-electron chi connectivity index (χ0n) is 17.2. The van der Waals surface area contributed by atoms with Gasteiger partial charge in [-0.05, 0) is 43.4 Å². The van der Waals surface area contributed by atoms with Gasteiger partial charge in [0.25, 0.3) is 0 Å². The van der Waals surface area contributed by atoms with Crippen LogP contribution >= 0.6 is 0 Å². The Balaban J connectivity index is 1.50. The molecule has 2 fully saturated rings. The Morgan fingerprint density at radius 2 is 1.87 bits per heavy atom. The molecule has 2 aliphatic carbocycles. The van der Waals surface area contributed by atoms with Crippen LogP contribution in [0.15, 0.2) is 54.4 Å². The van der Waals surface area contributed by atoms with Gasteiger partial charge in [-0.3, -0.25) is 0 Å². The molecule has 1 atom stereocenters. The average molecular weight is 412 g/mol. The molecule has 0 amide bonds. The van der Waals surface area contributed by atoms with Gasteiger partial charge in [-0.25, -0.2) is 9.67 Å². The van der Waals surface area contributed by atoms with Crippen molar-refractivity contribution in [1.82, 2.24) is 19.3 Å². The number of benzene rings is 1. The minimum atomic E-state index is -0.256. The molecule has 7 heteroatoms. The highest BCUT2D eigenvalue weighted by molar-refractivity contribution is 5.57. The first-order valence-corrected chi connectivity index (χ1v) is 11.0. The van der Waals surface area contributed by atoms with E-state index in [1.165, 1.54) is 12.8 Å². The third-order valence-electron chi connectivity index (χ3n) is 6.76. The molecule has 0 spiro atoms. The van der Waals surface area contributed by atoms with Crippen molar-refractivity contribution < 1.29 is 4.74 Å². The summed E-state index contributed by atoms with van der Waals surface area (Å²) in [6, 6.07) is 11.0. The van der Waals surface area contributed by atoms with Crippen LogP contribution in [0.4, 0.5) is 0 Å². The number of hydrogen-bond acceptors (Lipinski definition) is 5. The average Bonchev–Trinajstić information content (AvgIpc) is 3.20. The van der Waals surface area contributed by atoms with Gasteiger partial charge in [-0.15, -0.1) is 0 Å². The summed E-state index contributed by atoms with van der Waals surface area (Å²) in [7, 11) is 0. The smallest absolute Gasteiger partial charge is 0.224 e. The maximum atomic E-state index is 10.0. The van der Waals surface area contributed by atoms with E-state index in [9.17, 15) is 5.26 Å². The fraction of sp³-hybridized carbons (Fsp3) is 0.375. The van der Waals surface area contributed by atoms with Crippen LogP contribution in [0.2, 0.25) is 0 Å². The predicted molar refractivity (Wildman–Crippen MR) is 115 cm³/mol. The zero-order chi connectivity index (χ0) is 20.9. The largest absolute Gasteiger partial charge is 0.422 e. The van der Waals surface area contributed by atoms with E-state index in [0.29, 0.717) is 17.5 Å². The second kappa shape index (κ2) is 7.02. The Labute approximate surface area is 180 Å². The molecule has 3 aliphatic rings. The summed E-state index contributed by atoms with van der Waals surface area (Å²) < 4.78 is 10.1. The lowest BCUT2D eigenvalue weighted by Crippen LogP contribution is -2.22. The van der Waals surface area contributed by atoms with Gasteiger partial charge >= 0.3 is 0 Å². The van der Waals surface area contributed by atoms with Gasteiger partial charge in [0.05, 0.1) is 29.5 Å². The van der Waals surface area contributed by atoms with Crippen molar-refractivity contribution in [2.45, 2.75) is 56.4 Å². The van der Waals surface area contributed by atoms with Crippen LogP contribution in [0.1, 0.15) is 73.2 Å². The third-order valence-corrected chi connectivity index (χ3v) is 6.76.